The first-order valence-electron chi connectivity index (χ1n) is 5.53. The fraction of sp³-hybridized carbons (Fsp3) is 0.0909. The topological polar surface area (TPSA) is 106 Å². The van der Waals surface area contributed by atoms with E-state index < -0.39 is 20.0 Å². The summed E-state index contributed by atoms with van der Waals surface area (Å²) in [6.45, 7) is 0. The molecule has 3 N–H and O–H groups in total. The van der Waals surface area contributed by atoms with Crippen molar-refractivity contribution < 1.29 is 16.8 Å². The molecule has 10 heteroatoms. The Kier molecular flexibility index (Phi) is 4.73. The number of rotatable bonds is 5. The Bertz CT molecular complexity index is 842. The summed E-state index contributed by atoms with van der Waals surface area (Å²) >= 11 is 4.26. The second-order valence-corrected chi connectivity index (χ2v) is 9.43. The third-order valence-corrected chi connectivity index (χ3v) is 7.19. The van der Waals surface area contributed by atoms with Crippen LogP contribution in [-0.4, -0.2) is 16.8 Å². The second-order valence-electron chi connectivity index (χ2n) is 4.17. The summed E-state index contributed by atoms with van der Waals surface area (Å²) in [5.74, 6) is -0.295. The van der Waals surface area contributed by atoms with Gasteiger partial charge in [0.1, 0.15) is 0 Å². The molecule has 0 bridgehead atoms. The number of halogens is 1. The molecule has 0 amide bonds. The number of nitrogens with two attached hydrogens (primary N) is 1. The van der Waals surface area contributed by atoms with Gasteiger partial charge in [-0.1, -0.05) is 12.1 Å². The van der Waals surface area contributed by atoms with Gasteiger partial charge in [-0.05, 0) is 45.1 Å². The van der Waals surface area contributed by atoms with Gasteiger partial charge in [0.15, 0.2) is 4.21 Å². The van der Waals surface area contributed by atoms with E-state index in [1.807, 2.05) is 0 Å². The van der Waals surface area contributed by atoms with Crippen molar-refractivity contribution in [2.24, 2.45) is 5.14 Å². The summed E-state index contributed by atoms with van der Waals surface area (Å²) < 4.78 is 49.3. The van der Waals surface area contributed by atoms with Crippen molar-refractivity contribution in [1.29, 1.82) is 0 Å². The van der Waals surface area contributed by atoms with Crippen LogP contribution >= 0.6 is 27.3 Å². The van der Waals surface area contributed by atoms with E-state index in [9.17, 15) is 16.8 Å². The number of hydrogen-bond acceptors (Lipinski definition) is 5. The standard InChI is InChI=1S/C11H11BrN2O4S3/c12-10-5-6-19-11(10)21(17,18)14-9-3-1-8(2-4-9)7-20(13,15)16/h1-6,14H,7H2,(H2,13,15,16). The fourth-order valence-corrected chi connectivity index (χ4v) is 5.63. The SMILES string of the molecule is NS(=O)(=O)Cc1ccc(NS(=O)(=O)c2sccc2Br)cc1. The van der Waals surface area contributed by atoms with Crippen LogP contribution in [0.4, 0.5) is 5.69 Å². The maximum Gasteiger partial charge on any atom is 0.272 e. The number of thiophene rings is 1. The molecule has 0 atom stereocenters. The normalized spacial score (nSPS) is 12.3. The average molecular weight is 411 g/mol. The number of primary sulfonamides is 1. The predicted molar refractivity (Wildman–Crippen MR) is 86.1 cm³/mol. The zero-order chi connectivity index (χ0) is 15.7. The van der Waals surface area contributed by atoms with E-state index in [0.29, 0.717) is 15.7 Å². The molecule has 0 unspecified atom stereocenters. The largest absolute Gasteiger partial charge is 0.279 e. The molecule has 0 saturated heterocycles. The fourth-order valence-electron chi connectivity index (χ4n) is 1.57. The van der Waals surface area contributed by atoms with Crippen LogP contribution in [0.25, 0.3) is 0 Å². The van der Waals surface area contributed by atoms with Crippen molar-refractivity contribution in [3.05, 3.63) is 45.7 Å². The molecule has 1 aromatic carbocycles. The van der Waals surface area contributed by atoms with Gasteiger partial charge in [0.25, 0.3) is 10.0 Å². The van der Waals surface area contributed by atoms with Crippen LogP contribution in [0.1, 0.15) is 5.56 Å². The number of benzene rings is 1. The number of sulfonamides is 2. The summed E-state index contributed by atoms with van der Waals surface area (Å²) in [6, 6.07) is 7.63. The number of anilines is 1. The minimum Gasteiger partial charge on any atom is -0.279 e. The van der Waals surface area contributed by atoms with Crippen LogP contribution < -0.4 is 9.86 Å². The van der Waals surface area contributed by atoms with Gasteiger partial charge in [-0.15, -0.1) is 11.3 Å². The maximum absolute atomic E-state index is 12.2. The Morgan fingerprint density at radius 3 is 2.19 bits per heavy atom. The van der Waals surface area contributed by atoms with Gasteiger partial charge in [-0.3, -0.25) is 4.72 Å². The van der Waals surface area contributed by atoms with Gasteiger partial charge in [0, 0.05) is 10.2 Å². The third-order valence-electron chi connectivity index (χ3n) is 2.40. The van der Waals surface area contributed by atoms with E-state index >= 15 is 0 Å². The zero-order valence-corrected chi connectivity index (χ0v) is 14.5. The first-order valence-corrected chi connectivity index (χ1v) is 10.4. The first kappa shape index (κ1) is 16.4. The average Bonchev–Trinajstić information content (AvgIpc) is 2.77. The highest BCUT2D eigenvalue weighted by Crippen LogP contribution is 2.29. The molecule has 1 aromatic heterocycles. The van der Waals surface area contributed by atoms with E-state index in [-0.39, 0.29) is 9.96 Å². The minimum absolute atomic E-state index is 0.177. The molecule has 0 saturated carbocycles. The van der Waals surface area contributed by atoms with Crippen LogP contribution in [0, 0.1) is 0 Å². The minimum atomic E-state index is -3.67. The highest BCUT2D eigenvalue weighted by Gasteiger charge is 2.19. The molecule has 0 fully saturated rings. The quantitative estimate of drug-likeness (QED) is 0.786. The summed E-state index contributed by atoms with van der Waals surface area (Å²) in [5.41, 5.74) is 0.825. The van der Waals surface area contributed by atoms with Gasteiger partial charge < -0.3 is 0 Å². The van der Waals surface area contributed by atoms with E-state index in [1.54, 1.807) is 11.4 Å². The van der Waals surface area contributed by atoms with Crippen LogP contribution in [0.15, 0.2) is 44.4 Å². The first-order chi connectivity index (χ1) is 9.67. The van der Waals surface area contributed by atoms with Gasteiger partial charge in [-0.25, -0.2) is 22.0 Å². The molecule has 0 radical (unpaired) electrons. The smallest absolute Gasteiger partial charge is 0.272 e. The van der Waals surface area contributed by atoms with Crippen molar-refractivity contribution in [3.63, 3.8) is 0 Å². The maximum atomic E-state index is 12.2. The monoisotopic (exact) mass is 410 g/mol. The molecule has 21 heavy (non-hydrogen) atoms. The highest BCUT2D eigenvalue weighted by molar-refractivity contribution is 9.10. The molecule has 0 aliphatic heterocycles. The Hall–Kier alpha value is -0.940. The lowest BCUT2D eigenvalue weighted by Crippen LogP contribution is -2.15. The summed E-state index contributed by atoms with van der Waals surface area (Å²) in [4.78, 5) is 0. The molecule has 0 spiro atoms. The van der Waals surface area contributed by atoms with Gasteiger partial charge in [0.05, 0.1) is 5.75 Å². The lowest BCUT2D eigenvalue weighted by atomic mass is 10.2. The zero-order valence-electron chi connectivity index (χ0n) is 10.5. The summed E-state index contributed by atoms with van der Waals surface area (Å²) in [5, 5.41) is 6.61. The van der Waals surface area contributed by atoms with Crippen molar-refractivity contribution in [3.8, 4) is 0 Å². The Morgan fingerprint density at radius 1 is 1.10 bits per heavy atom. The van der Waals surface area contributed by atoms with Crippen molar-refractivity contribution in [2.75, 3.05) is 4.72 Å². The van der Waals surface area contributed by atoms with Crippen LogP contribution in [0.5, 0.6) is 0 Å². The van der Waals surface area contributed by atoms with Crippen LogP contribution in [0.3, 0.4) is 0 Å². The van der Waals surface area contributed by atoms with Crippen molar-refractivity contribution in [1.82, 2.24) is 0 Å². The lowest BCUT2D eigenvalue weighted by Gasteiger charge is -2.07. The number of hydrogen-bond donors (Lipinski definition) is 2. The van der Waals surface area contributed by atoms with Crippen LogP contribution in [0.2, 0.25) is 0 Å². The Morgan fingerprint density at radius 2 is 1.71 bits per heavy atom. The molecule has 0 aliphatic rings. The van der Waals surface area contributed by atoms with Gasteiger partial charge >= 0.3 is 0 Å². The predicted octanol–water partition coefficient (Wildman–Crippen LogP) is 2.10. The van der Waals surface area contributed by atoms with E-state index in [2.05, 4.69) is 20.7 Å². The summed E-state index contributed by atoms with van der Waals surface area (Å²) in [7, 11) is -7.28. The van der Waals surface area contributed by atoms with Gasteiger partial charge in [-0.2, -0.15) is 0 Å². The molecule has 6 nitrogen and oxygen atoms in total. The van der Waals surface area contributed by atoms with Crippen LogP contribution in [-0.2, 0) is 25.8 Å². The second kappa shape index (κ2) is 6.05. The Balaban J connectivity index is 2.19. The third kappa shape index (κ3) is 4.51. The van der Waals surface area contributed by atoms with Crippen molar-refractivity contribution in [2.45, 2.75) is 9.96 Å². The molecule has 0 aliphatic carbocycles. The van der Waals surface area contributed by atoms with E-state index in [1.165, 1.54) is 24.3 Å². The van der Waals surface area contributed by atoms with Crippen molar-refractivity contribution >= 4 is 53.0 Å². The van der Waals surface area contributed by atoms with E-state index in [4.69, 9.17) is 5.14 Å². The Labute approximate surface area is 135 Å². The highest BCUT2D eigenvalue weighted by atomic mass is 79.9. The van der Waals surface area contributed by atoms with E-state index in [0.717, 1.165) is 11.3 Å². The number of nitrogens with one attached hydrogen (secondary N) is 1. The molecule has 1 heterocycles. The summed E-state index contributed by atoms with van der Waals surface area (Å²) in [6.07, 6.45) is 0. The molecule has 114 valence electrons. The molecular formula is C11H11BrN2O4S3. The van der Waals surface area contributed by atoms with Gasteiger partial charge in [0.2, 0.25) is 10.0 Å². The molecular weight excluding hydrogens is 400 g/mol. The molecule has 2 rings (SSSR count). The lowest BCUT2D eigenvalue weighted by molar-refractivity contribution is 0.596. The molecule has 2 aromatic rings.